The Labute approximate surface area is 116 Å². The number of hydrogen-bond donors (Lipinski definition) is 0. The average molecular weight is 243 g/mol. The second kappa shape index (κ2) is 7.65. The van der Waals surface area contributed by atoms with Crippen LogP contribution in [-0.2, 0) is 0 Å². The fourth-order valence-corrected chi connectivity index (χ4v) is 3.85. The summed E-state index contributed by atoms with van der Waals surface area (Å²) in [5.74, 6) is 0.815. The van der Waals surface area contributed by atoms with Gasteiger partial charge in [0.2, 0.25) is 0 Å². The van der Waals surface area contributed by atoms with Crippen LogP contribution in [0.2, 0.25) is 11.0 Å². The van der Waals surface area contributed by atoms with Gasteiger partial charge < -0.3 is 0 Å². The molecule has 0 aromatic heterocycles. The van der Waals surface area contributed by atoms with E-state index in [0.29, 0.717) is 0 Å². The zero-order chi connectivity index (χ0) is 12.7. The van der Waals surface area contributed by atoms with Crippen LogP contribution in [0.4, 0.5) is 0 Å². The van der Waals surface area contributed by atoms with Crippen molar-refractivity contribution in [3.63, 3.8) is 0 Å². The molecule has 2 saturated carbocycles. The summed E-state index contributed by atoms with van der Waals surface area (Å²) in [6.45, 7) is 0. The van der Waals surface area contributed by atoms with Crippen LogP contribution in [0.5, 0.6) is 0 Å². The summed E-state index contributed by atoms with van der Waals surface area (Å²) in [5, 5.41) is 0.0737. The van der Waals surface area contributed by atoms with Gasteiger partial charge in [-0.1, -0.05) is 101 Å². The van der Waals surface area contributed by atoms with Crippen LogP contribution in [0, 0.1) is 0 Å². The predicted molar refractivity (Wildman–Crippen MR) is 82.6 cm³/mol. The average Bonchev–Trinajstić information content (AvgIpc) is 2.28. The van der Waals surface area contributed by atoms with Gasteiger partial charge in [-0.25, -0.2) is 0 Å². The van der Waals surface area contributed by atoms with Crippen molar-refractivity contribution in [1.29, 1.82) is 0 Å². The molecule has 0 aliphatic heterocycles. The number of hydrogen-bond acceptors (Lipinski definition) is 0. The lowest BCUT2D eigenvalue weighted by Crippen LogP contribution is -2.26. The van der Waals surface area contributed by atoms with Gasteiger partial charge in [0.1, 0.15) is 7.28 Å². The van der Waals surface area contributed by atoms with Crippen molar-refractivity contribution in [2.75, 3.05) is 0 Å². The molecule has 18 heavy (non-hydrogen) atoms. The fraction of sp³-hybridized carbons (Fsp3) is 1.00. The van der Waals surface area contributed by atoms with E-state index < -0.39 is 0 Å². The van der Waals surface area contributed by atoms with Crippen molar-refractivity contribution in [3.8, 4) is 0 Å². The largest absolute Gasteiger partial charge is 0.111 e. The second-order valence-electron chi connectivity index (χ2n) is 6.77. The van der Waals surface area contributed by atoms with Crippen LogP contribution in [0.3, 0.4) is 0 Å². The molecule has 3 radical (unpaired) electrons. The number of rotatable bonds is 2. The molecule has 0 N–H and O–H groups in total. The minimum atomic E-state index is 0.0737. The summed E-state index contributed by atoms with van der Waals surface area (Å²) in [7, 11) is 9.28. The molecule has 0 saturated heterocycles. The maximum atomic E-state index is 6.69. The van der Waals surface area contributed by atoms with E-state index in [9.17, 15) is 0 Å². The summed E-state index contributed by atoms with van der Waals surface area (Å²) in [4.78, 5) is 0. The van der Waals surface area contributed by atoms with Crippen molar-refractivity contribution < 1.29 is 0 Å². The zero-order valence-corrected chi connectivity index (χ0v) is 12.1. The van der Waals surface area contributed by atoms with Gasteiger partial charge in [-0.2, -0.15) is 0 Å². The highest BCUT2D eigenvalue weighted by molar-refractivity contribution is 6.55. The summed E-state index contributed by atoms with van der Waals surface area (Å²) < 4.78 is 0. The van der Waals surface area contributed by atoms with Crippen LogP contribution >= 0.6 is 0 Å². The smallest absolute Gasteiger partial charge is 0.0907 e. The summed E-state index contributed by atoms with van der Waals surface area (Å²) in [5.41, 5.74) is 0. The van der Waals surface area contributed by atoms with Gasteiger partial charge in [0, 0.05) is 0 Å². The minimum absolute atomic E-state index is 0.0737. The molecule has 0 atom stereocenters. The van der Waals surface area contributed by atoms with Crippen LogP contribution in [0.25, 0.3) is 0 Å². The molecule has 2 rings (SSSR count). The Morgan fingerprint density at radius 2 is 1.11 bits per heavy atom. The van der Waals surface area contributed by atoms with Gasteiger partial charge in [0.15, 0.2) is 0 Å². The maximum absolute atomic E-state index is 6.69. The Balaban J connectivity index is 1.83. The van der Waals surface area contributed by atoms with E-state index in [1.54, 1.807) is 0 Å². The van der Waals surface area contributed by atoms with Crippen LogP contribution < -0.4 is 0 Å². The topological polar surface area (TPSA) is 0 Å². The quantitative estimate of drug-likeness (QED) is 0.580. The minimum Gasteiger partial charge on any atom is -0.0907 e. The third-order valence-corrected chi connectivity index (χ3v) is 5.00. The molecule has 2 aliphatic rings. The normalized spacial score (nSPS) is 27.6. The molecule has 0 unspecified atom stereocenters. The molecule has 2 fully saturated rings. The SMILES string of the molecule is [B]C1([B]C2CCCCCCC2)CCCCCCC1. The Morgan fingerprint density at radius 3 is 1.67 bits per heavy atom. The Bertz CT molecular complexity index is 211. The van der Waals surface area contributed by atoms with Crippen LogP contribution in [0.15, 0.2) is 0 Å². The molecule has 99 valence electrons. The molecule has 2 heteroatoms. The lowest BCUT2D eigenvalue weighted by Gasteiger charge is -2.35. The Kier molecular flexibility index (Phi) is 6.18. The molecular formula is C16H29B2. The van der Waals surface area contributed by atoms with Gasteiger partial charge in [0.25, 0.3) is 0 Å². The lowest BCUT2D eigenvalue weighted by atomic mass is 9.34. The van der Waals surface area contributed by atoms with E-state index in [2.05, 4.69) is 7.28 Å². The summed E-state index contributed by atoms with van der Waals surface area (Å²) in [6.07, 6.45) is 19.4. The highest BCUT2D eigenvalue weighted by Crippen LogP contribution is 2.41. The second-order valence-corrected chi connectivity index (χ2v) is 6.77. The molecule has 0 amide bonds. The standard InChI is InChI=1S/C16H29B2/c17-16(13-9-5-2-6-10-14-16)18-15-11-7-3-1-4-8-12-15/h15H,1-14H2. The third kappa shape index (κ3) is 5.02. The summed E-state index contributed by atoms with van der Waals surface area (Å²) >= 11 is 0. The van der Waals surface area contributed by atoms with Gasteiger partial charge >= 0.3 is 0 Å². The van der Waals surface area contributed by atoms with Gasteiger partial charge in [0.05, 0.1) is 7.85 Å². The van der Waals surface area contributed by atoms with Crippen molar-refractivity contribution in [2.24, 2.45) is 0 Å². The molecular weight excluding hydrogens is 214 g/mol. The van der Waals surface area contributed by atoms with E-state index in [1.807, 2.05) is 0 Å². The van der Waals surface area contributed by atoms with Gasteiger partial charge in [-0.05, 0) is 0 Å². The van der Waals surface area contributed by atoms with E-state index in [-0.39, 0.29) is 5.21 Å². The molecule has 0 bridgehead atoms. The highest BCUT2D eigenvalue weighted by Gasteiger charge is 2.28. The van der Waals surface area contributed by atoms with Crippen molar-refractivity contribution in [1.82, 2.24) is 0 Å². The molecule has 0 aromatic carbocycles. The van der Waals surface area contributed by atoms with Crippen LogP contribution in [0.1, 0.15) is 89.9 Å². The monoisotopic (exact) mass is 243 g/mol. The van der Waals surface area contributed by atoms with E-state index in [0.717, 1.165) is 5.82 Å². The van der Waals surface area contributed by atoms with E-state index in [1.165, 1.54) is 89.9 Å². The third-order valence-electron chi connectivity index (χ3n) is 5.00. The Morgan fingerprint density at radius 1 is 0.667 bits per heavy atom. The van der Waals surface area contributed by atoms with E-state index in [4.69, 9.17) is 7.85 Å². The lowest BCUT2D eigenvalue weighted by molar-refractivity contribution is 0.457. The highest BCUT2D eigenvalue weighted by atomic mass is 14.2. The maximum Gasteiger partial charge on any atom is 0.111 e. The fourth-order valence-electron chi connectivity index (χ4n) is 3.85. The molecule has 0 aromatic rings. The first-order valence-electron chi connectivity index (χ1n) is 8.43. The molecule has 0 nitrogen and oxygen atoms in total. The van der Waals surface area contributed by atoms with Crippen molar-refractivity contribution >= 4 is 15.1 Å². The summed E-state index contributed by atoms with van der Waals surface area (Å²) in [6, 6.07) is 0. The van der Waals surface area contributed by atoms with Gasteiger partial charge in [-0.15, -0.1) is 0 Å². The van der Waals surface area contributed by atoms with Crippen molar-refractivity contribution in [3.05, 3.63) is 0 Å². The van der Waals surface area contributed by atoms with Crippen LogP contribution in [-0.4, -0.2) is 15.1 Å². The first-order chi connectivity index (χ1) is 8.79. The Hall–Kier alpha value is 0.130. The first kappa shape index (κ1) is 14.5. The zero-order valence-electron chi connectivity index (χ0n) is 12.1. The first-order valence-corrected chi connectivity index (χ1v) is 8.43. The van der Waals surface area contributed by atoms with E-state index >= 15 is 0 Å². The van der Waals surface area contributed by atoms with Crippen molar-refractivity contribution in [2.45, 2.75) is 101 Å². The molecule has 2 aliphatic carbocycles. The van der Waals surface area contributed by atoms with Gasteiger partial charge in [-0.3, -0.25) is 0 Å². The molecule has 0 heterocycles. The predicted octanol–water partition coefficient (Wildman–Crippen LogP) is 5.25. The molecule has 0 spiro atoms.